The molecule has 0 aliphatic carbocycles. The highest BCUT2D eigenvalue weighted by molar-refractivity contribution is 5.64. The fourth-order valence-corrected chi connectivity index (χ4v) is 0.241. The molecule has 0 bridgehead atoms. The van der Waals surface area contributed by atoms with Crippen molar-refractivity contribution in [2.24, 2.45) is 0 Å². The average molecular weight is 99.1 g/mol. The van der Waals surface area contributed by atoms with Crippen molar-refractivity contribution in [2.75, 3.05) is 13.6 Å². The minimum Gasteiger partial charge on any atom is -0.316 e. The molecule has 0 aromatic rings. The lowest BCUT2D eigenvalue weighted by Crippen LogP contribution is -2.03. The Labute approximate surface area is 43.2 Å². The Morgan fingerprint density at radius 2 is 2.43 bits per heavy atom. The number of hydrogen-bond acceptors (Lipinski definition) is 2. The van der Waals surface area contributed by atoms with Gasteiger partial charge in [-0.25, -0.2) is 0 Å². The predicted molar refractivity (Wildman–Crippen MR) is 29.1 cm³/mol. The van der Waals surface area contributed by atoms with E-state index in [1.165, 1.54) is 6.08 Å². The maximum Gasteiger partial charge on any atom is 0.142 e. The molecule has 0 aromatic carbocycles. The number of aldehydes is 1. The van der Waals surface area contributed by atoms with Crippen LogP contribution in [-0.2, 0) is 4.79 Å². The van der Waals surface area contributed by atoms with Gasteiger partial charge in [0.15, 0.2) is 0 Å². The van der Waals surface area contributed by atoms with E-state index in [1.54, 1.807) is 6.08 Å². The maximum absolute atomic E-state index is 9.57. The van der Waals surface area contributed by atoms with Crippen molar-refractivity contribution in [3.05, 3.63) is 12.2 Å². The third kappa shape index (κ3) is 5.37. The van der Waals surface area contributed by atoms with Crippen molar-refractivity contribution in [2.45, 2.75) is 0 Å². The molecule has 0 saturated carbocycles. The first kappa shape index (κ1) is 6.37. The average Bonchev–Trinajstić information content (AvgIpc) is 1.69. The smallest absolute Gasteiger partial charge is 0.142 e. The van der Waals surface area contributed by atoms with E-state index in [1.807, 2.05) is 7.05 Å². The van der Waals surface area contributed by atoms with E-state index in [9.17, 15) is 4.79 Å². The molecule has 0 heterocycles. The lowest BCUT2D eigenvalue weighted by molar-refractivity contribution is -0.104. The molecule has 0 aliphatic heterocycles. The molecule has 2 heteroatoms. The second-order valence-electron chi connectivity index (χ2n) is 1.12. The Hall–Kier alpha value is -0.630. The predicted octanol–water partition coefficient (Wildman–Crippen LogP) is -0.0391. The van der Waals surface area contributed by atoms with Gasteiger partial charge in [-0.1, -0.05) is 6.08 Å². The number of carbonyl (C=O) groups excluding carboxylic acids is 1. The number of nitrogens with one attached hydrogen (secondary N) is 1. The summed E-state index contributed by atoms with van der Waals surface area (Å²) in [5, 5.41) is 2.86. The van der Waals surface area contributed by atoms with Crippen LogP contribution >= 0.6 is 0 Å². The zero-order valence-electron chi connectivity index (χ0n) is 4.35. The van der Waals surface area contributed by atoms with Gasteiger partial charge in [0.1, 0.15) is 6.29 Å². The van der Waals surface area contributed by atoms with Crippen molar-refractivity contribution in [1.82, 2.24) is 5.32 Å². The summed E-state index contributed by atoms with van der Waals surface area (Å²) < 4.78 is 0. The van der Waals surface area contributed by atoms with Crippen molar-refractivity contribution in [3.8, 4) is 0 Å². The van der Waals surface area contributed by atoms with E-state index in [-0.39, 0.29) is 0 Å². The minimum atomic E-state index is 0.761. The normalized spacial score (nSPS) is 9.86. The standard InChI is InChI=1S/C5H9NO/c1-6-4-2-3-5-7/h2-3,5-6H,4H2,1H3. The van der Waals surface area contributed by atoms with Gasteiger partial charge in [0, 0.05) is 6.54 Å². The molecule has 0 radical (unpaired) electrons. The summed E-state index contributed by atoms with van der Waals surface area (Å²) in [6, 6.07) is 0. The van der Waals surface area contributed by atoms with Crippen LogP contribution in [-0.4, -0.2) is 19.9 Å². The van der Waals surface area contributed by atoms with E-state index in [4.69, 9.17) is 0 Å². The van der Waals surface area contributed by atoms with Crippen LogP contribution in [0.1, 0.15) is 0 Å². The van der Waals surface area contributed by atoms with Gasteiger partial charge in [-0.15, -0.1) is 0 Å². The second kappa shape index (κ2) is 5.37. The fourth-order valence-electron chi connectivity index (χ4n) is 0.241. The first-order chi connectivity index (χ1) is 3.41. The van der Waals surface area contributed by atoms with Gasteiger partial charge in [0.05, 0.1) is 0 Å². The molecule has 7 heavy (non-hydrogen) atoms. The molecular weight excluding hydrogens is 90.1 g/mol. The molecule has 2 nitrogen and oxygen atoms in total. The summed E-state index contributed by atoms with van der Waals surface area (Å²) in [5.41, 5.74) is 0. The highest BCUT2D eigenvalue weighted by Gasteiger charge is 1.64. The molecule has 40 valence electrons. The summed E-state index contributed by atoms with van der Waals surface area (Å²) >= 11 is 0. The Bertz CT molecular complexity index is 68.5. The van der Waals surface area contributed by atoms with E-state index >= 15 is 0 Å². The van der Waals surface area contributed by atoms with Crippen LogP contribution in [0.3, 0.4) is 0 Å². The monoisotopic (exact) mass is 99.1 g/mol. The fraction of sp³-hybridized carbons (Fsp3) is 0.400. The summed E-state index contributed by atoms with van der Waals surface area (Å²) in [6.45, 7) is 0.763. The van der Waals surface area contributed by atoms with Crippen LogP contribution < -0.4 is 5.32 Å². The van der Waals surface area contributed by atoms with E-state index in [0.29, 0.717) is 0 Å². The summed E-state index contributed by atoms with van der Waals surface area (Å²) in [4.78, 5) is 9.57. The molecule has 0 atom stereocenters. The molecule has 0 aromatic heterocycles. The zero-order chi connectivity index (χ0) is 5.54. The van der Waals surface area contributed by atoms with Gasteiger partial charge in [-0.2, -0.15) is 0 Å². The largest absolute Gasteiger partial charge is 0.316 e. The van der Waals surface area contributed by atoms with Crippen molar-refractivity contribution in [1.29, 1.82) is 0 Å². The first-order valence-corrected chi connectivity index (χ1v) is 2.16. The highest BCUT2D eigenvalue weighted by Crippen LogP contribution is 1.60. The Kier molecular flexibility index (Phi) is 4.89. The van der Waals surface area contributed by atoms with Crippen LogP contribution in [0.4, 0.5) is 0 Å². The minimum absolute atomic E-state index is 0.761. The van der Waals surface area contributed by atoms with E-state index < -0.39 is 0 Å². The maximum atomic E-state index is 9.57. The summed E-state index contributed by atoms with van der Waals surface area (Å²) in [5.74, 6) is 0. The molecule has 0 rings (SSSR count). The summed E-state index contributed by atoms with van der Waals surface area (Å²) in [7, 11) is 1.83. The number of hydrogen-bond donors (Lipinski definition) is 1. The molecule has 0 fully saturated rings. The van der Waals surface area contributed by atoms with Crippen LogP contribution in [0.5, 0.6) is 0 Å². The Balaban J connectivity index is 2.92. The highest BCUT2D eigenvalue weighted by atomic mass is 16.1. The number of rotatable bonds is 3. The molecule has 1 N–H and O–H groups in total. The zero-order valence-corrected chi connectivity index (χ0v) is 4.35. The molecule has 0 amide bonds. The molecular formula is C5H9NO. The van der Waals surface area contributed by atoms with Crippen molar-refractivity contribution >= 4 is 6.29 Å². The van der Waals surface area contributed by atoms with Gasteiger partial charge in [-0.3, -0.25) is 4.79 Å². The van der Waals surface area contributed by atoms with Gasteiger partial charge in [-0.05, 0) is 13.1 Å². The van der Waals surface area contributed by atoms with Gasteiger partial charge in [0.2, 0.25) is 0 Å². The lowest BCUT2D eigenvalue weighted by atomic mass is 10.5. The van der Waals surface area contributed by atoms with Crippen LogP contribution in [0.2, 0.25) is 0 Å². The Morgan fingerprint density at radius 3 is 2.86 bits per heavy atom. The van der Waals surface area contributed by atoms with Gasteiger partial charge in [0.25, 0.3) is 0 Å². The molecule has 0 aliphatic rings. The SMILES string of the molecule is CNCC=CC=O. The Morgan fingerprint density at radius 1 is 1.71 bits per heavy atom. The topological polar surface area (TPSA) is 29.1 Å². The first-order valence-electron chi connectivity index (χ1n) is 2.16. The second-order valence-corrected chi connectivity index (χ2v) is 1.12. The molecule has 0 unspecified atom stereocenters. The van der Waals surface area contributed by atoms with Gasteiger partial charge < -0.3 is 5.32 Å². The van der Waals surface area contributed by atoms with Crippen LogP contribution in [0.15, 0.2) is 12.2 Å². The lowest BCUT2D eigenvalue weighted by Gasteiger charge is -1.81. The van der Waals surface area contributed by atoms with E-state index in [2.05, 4.69) is 5.32 Å². The van der Waals surface area contributed by atoms with Crippen LogP contribution in [0, 0.1) is 0 Å². The van der Waals surface area contributed by atoms with Crippen molar-refractivity contribution < 1.29 is 4.79 Å². The number of carbonyl (C=O) groups is 1. The van der Waals surface area contributed by atoms with E-state index in [0.717, 1.165) is 12.8 Å². The number of likely N-dealkylation sites (N-methyl/N-ethyl adjacent to an activating group) is 1. The quantitative estimate of drug-likeness (QED) is 0.397. The number of allylic oxidation sites excluding steroid dienone is 1. The molecule has 0 saturated heterocycles. The third-order valence-electron chi connectivity index (χ3n) is 0.537. The van der Waals surface area contributed by atoms with Crippen molar-refractivity contribution in [3.63, 3.8) is 0 Å². The van der Waals surface area contributed by atoms with Crippen LogP contribution in [0.25, 0.3) is 0 Å². The van der Waals surface area contributed by atoms with Gasteiger partial charge >= 0.3 is 0 Å². The summed E-state index contributed by atoms with van der Waals surface area (Å²) in [6.07, 6.45) is 3.99. The molecule has 0 spiro atoms. The third-order valence-corrected chi connectivity index (χ3v) is 0.537.